The Kier molecular flexibility index (Phi) is 1.45. The third-order valence-corrected chi connectivity index (χ3v) is 0.931. The molecule has 0 aliphatic heterocycles. The topological polar surface area (TPSA) is 60.4 Å². The van der Waals surface area contributed by atoms with Crippen molar-refractivity contribution in [2.75, 3.05) is 0 Å². The van der Waals surface area contributed by atoms with Gasteiger partial charge in [0.15, 0.2) is 0 Å². The van der Waals surface area contributed by atoms with Gasteiger partial charge in [-0.1, -0.05) is 21.2 Å². The first-order valence-electron chi connectivity index (χ1n) is 1.37. The molecule has 0 spiro atoms. The van der Waals surface area contributed by atoms with Crippen LogP contribution in [0.3, 0.4) is 0 Å². The lowest BCUT2D eigenvalue weighted by Crippen LogP contribution is -2.19. The molecule has 0 fully saturated rings. The molecule has 0 bridgehead atoms. The maximum absolute atomic E-state index is 9.57. The summed E-state index contributed by atoms with van der Waals surface area (Å²) in [5.41, 5.74) is 0. The Bertz CT molecular complexity index is 165. The fourth-order valence-corrected chi connectivity index (χ4v) is 0. The molecule has 7 heavy (non-hydrogen) atoms. The molecule has 0 aromatic carbocycles. The highest BCUT2D eigenvalue weighted by atomic mass is 32.2. The first-order chi connectivity index (χ1) is 2.94. The standard InChI is InChI=1S/C3H6O3S/c1-7(2,6)3(4)5/h6H,1-2H2,(H,4,5)/p-1. The molecule has 0 heterocycles. The number of hydrogen-bond donors (Lipinski definition) is 1. The highest BCUT2D eigenvalue weighted by Gasteiger charge is 1.84. The van der Waals surface area contributed by atoms with Crippen LogP contribution in [0.1, 0.15) is 0 Å². The summed E-state index contributed by atoms with van der Waals surface area (Å²) in [6.07, 6.45) is 0. The molecular weight excluding hydrogens is 116 g/mol. The Labute approximate surface area is 41.9 Å². The average molecular weight is 121 g/mol. The summed E-state index contributed by atoms with van der Waals surface area (Å²) in [6, 6.07) is 0. The molecule has 0 aliphatic carbocycles. The molecular formula is C3H5O3S-. The second kappa shape index (κ2) is 1.55. The monoisotopic (exact) mass is 121 g/mol. The molecule has 0 unspecified atom stereocenters. The third kappa shape index (κ3) is 2.24. The minimum atomic E-state index is -2.94. The van der Waals surface area contributed by atoms with Gasteiger partial charge >= 0.3 is 0 Å². The molecule has 3 nitrogen and oxygen atoms in total. The Morgan fingerprint density at radius 1 is 1.71 bits per heavy atom. The molecule has 4 heteroatoms. The smallest absolute Gasteiger partial charge is 0.110 e. The van der Waals surface area contributed by atoms with Gasteiger partial charge in [-0.2, -0.15) is 0 Å². The SMILES string of the molecule is C=S(=C)(O)C(=O)[O-]. The van der Waals surface area contributed by atoms with Gasteiger partial charge in [0.2, 0.25) is 0 Å². The highest BCUT2D eigenvalue weighted by molar-refractivity contribution is 8.34. The second-order valence-corrected chi connectivity index (χ2v) is 3.11. The first kappa shape index (κ1) is 6.52. The van der Waals surface area contributed by atoms with E-state index in [0.29, 0.717) is 0 Å². The van der Waals surface area contributed by atoms with Gasteiger partial charge in [-0.3, -0.25) is 0 Å². The predicted molar refractivity (Wildman–Crippen MR) is 29.9 cm³/mol. The van der Waals surface area contributed by atoms with Gasteiger partial charge in [-0.05, 0) is 0 Å². The average Bonchev–Trinajstić information content (AvgIpc) is 1.31. The van der Waals surface area contributed by atoms with Crippen molar-refractivity contribution in [3.63, 3.8) is 0 Å². The van der Waals surface area contributed by atoms with Gasteiger partial charge < -0.3 is 14.5 Å². The fraction of sp³-hybridized carbons (Fsp3) is 0. The van der Waals surface area contributed by atoms with Crippen LogP contribution in [0.15, 0.2) is 0 Å². The lowest BCUT2D eigenvalue weighted by molar-refractivity contribution is -0.233. The van der Waals surface area contributed by atoms with E-state index in [1.54, 1.807) is 0 Å². The number of rotatable bonds is 0. The highest BCUT2D eigenvalue weighted by Crippen LogP contribution is 2.07. The van der Waals surface area contributed by atoms with Crippen molar-refractivity contribution in [3.05, 3.63) is 0 Å². The summed E-state index contributed by atoms with van der Waals surface area (Å²) in [5, 5.41) is 7.98. The van der Waals surface area contributed by atoms with E-state index < -0.39 is 14.8 Å². The Balaban J connectivity index is 4.43. The molecule has 0 radical (unpaired) electrons. The summed E-state index contributed by atoms with van der Waals surface area (Å²) in [5.74, 6) is 5.67. The van der Waals surface area contributed by atoms with Crippen molar-refractivity contribution in [1.82, 2.24) is 0 Å². The minimum Gasteiger partial charge on any atom is -0.537 e. The van der Waals surface area contributed by atoms with Gasteiger partial charge in [0.1, 0.15) is 5.30 Å². The normalized spacial score (nSPS) is 11.0. The molecule has 42 valence electrons. The van der Waals surface area contributed by atoms with E-state index in [4.69, 9.17) is 4.55 Å². The summed E-state index contributed by atoms with van der Waals surface area (Å²) in [7, 11) is -2.94. The molecule has 0 aromatic rings. The van der Waals surface area contributed by atoms with Crippen LogP contribution in [-0.2, 0) is 0 Å². The van der Waals surface area contributed by atoms with Gasteiger partial charge in [-0.15, -0.1) is 0 Å². The summed E-state index contributed by atoms with van der Waals surface area (Å²) < 4.78 is 8.29. The van der Waals surface area contributed by atoms with Gasteiger partial charge in [0, 0.05) is 0 Å². The minimum absolute atomic E-state index is 1.59. The molecule has 0 saturated heterocycles. The summed E-state index contributed by atoms with van der Waals surface area (Å²) >= 11 is 0. The maximum Gasteiger partial charge on any atom is 0.110 e. The lowest BCUT2D eigenvalue weighted by Gasteiger charge is -2.04. The van der Waals surface area contributed by atoms with Crippen molar-refractivity contribution < 1.29 is 14.5 Å². The van der Waals surface area contributed by atoms with E-state index >= 15 is 0 Å². The quantitative estimate of drug-likeness (QED) is 0.438. The first-order valence-corrected chi connectivity index (χ1v) is 3.30. The Morgan fingerprint density at radius 2 is 1.86 bits per heavy atom. The predicted octanol–water partition coefficient (Wildman–Crippen LogP) is -0.529. The maximum atomic E-state index is 9.57. The summed E-state index contributed by atoms with van der Waals surface area (Å²) in [4.78, 5) is 9.57. The Hall–Kier alpha value is -0.480. The molecule has 0 aromatic heterocycles. The third-order valence-electron chi connectivity index (χ3n) is 0.310. The molecule has 0 rings (SSSR count). The van der Waals surface area contributed by atoms with Crippen LogP contribution in [0, 0.1) is 0 Å². The van der Waals surface area contributed by atoms with E-state index in [1.165, 1.54) is 0 Å². The van der Waals surface area contributed by atoms with Crippen LogP contribution >= 0.6 is 9.49 Å². The van der Waals surface area contributed by atoms with Gasteiger partial charge in [0.05, 0.1) is 0 Å². The zero-order valence-electron chi connectivity index (χ0n) is 3.59. The van der Waals surface area contributed by atoms with Gasteiger partial charge in [-0.25, -0.2) is 0 Å². The van der Waals surface area contributed by atoms with Crippen LogP contribution in [0.5, 0.6) is 0 Å². The molecule has 1 N–H and O–H groups in total. The Morgan fingerprint density at radius 3 is 1.86 bits per heavy atom. The van der Waals surface area contributed by atoms with Crippen molar-refractivity contribution >= 4 is 26.5 Å². The number of carbonyl (C=O) groups is 1. The summed E-state index contributed by atoms with van der Waals surface area (Å²) in [6.45, 7) is 0. The van der Waals surface area contributed by atoms with Crippen molar-refractivity contribution in [1.29, 1.82) is 0 Å². The number of hydrogen-bond acceptors (Lipinski definition) is 3. The van der Waals surface area contributed by atoms with E-state index in [2.05, 4.69) is 11.7 Å². The zero-order valence-corrected chi connectivity index (χ0v) is 4.40. The fourth-order valence-electron chi connectivity index (χ4n) is 0. The van der Waals surface area contributed by atoms with Crippen LogP contribution in [0.2, 0.25) is 0 Å². The number of carboxylic acid groups (broad SMARTS) is 1. The molecule has 0 amide bonds. The lowest BCUT2D eigenvalue weighted by atomic mass is 11.6. The number of carbonyl (C=O) groups excluding carboxylic acids is 1. The van der Waals surface area contributed by atoms with Crippen LogP contribution in [0.25, 0.3) is 0 Å². The van der Waals surface area contributed by atoms with Gasteiger partial charge in [0.25, 0.3) is 0 Å². The van der Waals surface area contributed by atoms with E-state index in [0.717, 1.165) is 0 Å². The van der Waals surface area contributed by atoms with Crippen molar-refractivity contribution in [2.45, 2.75) is 0 Å². The van der Waals surface area contributed by atoms with Crippen molar-refractivity contribution in [3.8, 4) is 0 Å². The molecule has 0 saturated carbocycles. The largest absolute Gasteiger partial charge is 0.537 e. The van der Waals surface area contributed by atoms with Crippen LogP contribution in [0.4, 0.5) is 4.79 Å². The van der Waals surface area contributed by atoms with Crippen molar-refractivity contribution in [2.24, 2.45) is 0 Å². The van der Waals surface area contributed by atoms with E-state index in [-0.39, 0.29) is 0 Å². The van der Waals surface area contributed by atoms with Crippen LogP contribution in [-0.4, -0.2) is 21.6 Å². The van der Waals surface area contributed by atoms with Crippen LogP contribution < -0.4 is 5.11 Å². The molecule has 0 atom stereocenters. The second-order valence-electron chi connectivity index (χ2n) is 1.09. The molecule has 0 aliphatic rings. The zero-order chi connectivity index (χ0) is 6.08. The van der Waals surface area contributed by atoms with E-state index in [9.17, 15) is 9.90 Å². The van der Waals surface area contributed by atoms with E-state index in [1.807, 2.05) is 0 Å².